The Hall–Kier alpha value is -1.59. The van der Waals surface area contributed by atoms with Gasteiger partial charge in [-0.05, 0) is 56.7 Å². The van der Waals surface area contributed by atoms with Crippen LogP contribution in [0.4, 0.5) is 8.78 Å². The smallest absolute Gasteiger partial charge is 0.405 e. The summed E-state index contributed by atoms with van der Waals surface area (Å²) in [7, 11) is -8.06. The number of rotatable bonds is 13. The molecule has 13 heteroatoms. The third-order valence-electron chi connectivity index (χ3n) is 5.20. The summed E-state index contributed by atoms with van der Waals surface area (Å²) in [5, 5.41) is 0.371. The van der Waals surface area contributed by atoms with Crippen LogP contribution in [0.1, 0.15) is 59.8 Å². The van der Waals surface area contributed by atoms with Crippen molar-refractivity contribution in [2.45, 2.75) is 44.7 Å². The maximum atomic E-state index is 15.8. The lowest BCUT2D eigenvalue weighted by atomic mass is 10.0. The summed E-state index contributed by atoms with van der Waals surface area (Å²) in [6, 6.07) is 2.79. The first-order valence-corrected chi connectivity index (χ1v) is 15.2. The molecule has 0 aliphatic heterocycles. The zero-order chi connectivity index (χ0) is 25.3. The molecule has 1 heterocycles. The Kier molecular flexibility index (Phi) is 8.09. The molecule has 3 rings (SSSR count). The van der Waals surface area contributed by atoms with Crippen LogP contribution >= 0.6 is 18.9 Å². The summed E-state index contributed by atoms with van der Waals surface area (Å²) < 4.78 is 83.5. The largest absolute Gasteiger partial charge is 0.492 e. The summed E-state index contributed by atoms with van der Waals surface area (Å²) in [4.78, 5) is 11.5. The Balaban J connectivity index is 2.16. The molecule has 2 N–H and O–H groups in total. The number of carbonyl (C=O) groups is 1. The van der Waals surface area contributed by atoms with E-state index >= 15 is 8.78 Å². The van der Waals surface area contributed by atoms with Crippen LogP contribution in [0.5, 0.6) is 5.75 Å². The molecule has 1 saturated carbocycles. The monoisotopic (exact) mass is 539 g/mol. The van der Waals surface area contributed by atoms with Gasteiger partial charge in [-0.2, -0.15) is 8.78 Å². The van der Waals surface area contributed by atoms with Crippen molar-refractivity contribution in [3.63, 3.8) is 0 Å². The fraction of sp³-hybridized carbons (Fsp3) is 0.571. The van der Waals surface area contributed by atoms with Crippen LogP contribution in [-0.2, 0) is 29.1 Å². The van der Waals surface area contributed by atoms with Gasteiger partial charge in [-0.15, -0.1) is 11.3 Å². The summed E-state index contributed by atoms with van der Waals surface area (Å²) in [6.07, 6.45) is 2.60. The number of amides is 1. The van der Waals surface area contributed by atoms with Gasteiger partial charge in [0.1, 0.15) is 15.6 Å². The van der Waals surface area contributed by atoms with E-state index in [0.29, 0.717) is 34.3 Å². The third kappa shape index (κ3) is 5.62. The molecule has 1 fully saturated rings. The van der Waals surface area contributed by atoms with E-state index in [1.54, 1.807) is 0 Å². The van der Waals surface area contributed by atoms with Crippen molar-refractivity contribution in [2.75, 3.05) is 31.8 Å². The Labute approximate surface area is 201 Å². The molecule has 34 heavy (non-hydrogen) atoms. The molecule has 190 valence electrons. The van der Waals surface area contributed by atoms with Crippen molar-refractivity contribution in [2.24, 2.45) is 5.73 Å². The topological polar surface area (TPSA) is 122 Å². The molecule has 0 unspecified atom stereocenters. The lowest BCUT2D eigenvalue weighted by Crippen LogP contribution is -2.18. The minimum Gasteiger partial charge on any atom is -0.492 e. The second-order valence-electron chi connectivity index (χ2n) is 8.04. The van der Waals surface area contributed by atoms with Gasteiger partial charge in [0.15, 0.2) is 0 Å². The molecular formula is C21H28F2NO7PS2. The minimum absolute atomic E-state index is 0.0108. The van der Waals surface area contributed by atoms with E-state index < -0.39 is 33.9 Å². The molecule has 1 aromatic heterocycles. The fourth-order valence-electron chi connectivity index (χ4n) is 3.60. The number of hydrogen-bond donors (Lipinski definition) is 1. The van der Waals surface area contributed by atoms with Crippen molar-refractivity contribution in [3.05, 3.63) is 28.1 Å². The number of sulfone groups is 1. The van der Waals surface area contributed by atoms with Crippen molar-refractivity contribution < 1.29 is 40.3 Å². The van der Waals surface area contributed by atoms with Crippen molar-refractivity contribution in [1.82, 2.24) is 0 Å². The minimum atomic E-state index is -4.85. The molecule has 2 aromatic rings. The Bertz CT molecular complexity index is 1220. The first-order valence-electron chi connectivity index (χ1n) is 10.8. The molecule has 1 aromatic carbocycles. The van der Waals surface area contributed by atoms with E-state index in [1.807, 2.05) is 0 Å². The number of nitrogens with two attached hydrogens (primary N) is 1. The van der Waals surface area contributed by atoms with Gasteiger partial charge in [0, 0.05) is 17.2 Å². The van der Waals surface area contributed by atoms with Crippen molar-refractivity contribution in [3.8, 4) is 5.75 Å². The van der Waals surface area contributed by atoms with E-state index in [9.17, 15) is 17.8 Å². The lowest BCUT2D eigenvalue weighted by Gasteiger charge is -2.25. The quantitative estimate of drug-likeness (QED) is 0.281. The zero-order valence-electron chi connectivity index (χ0n) is 19.1. The third-order valence-corrected chi connectivity index (χ3v) is 9.79. The van der Waals surface area contributed by atoms with Crippen LogP contribution in [0.25, 0.3) is 10.1 Å². The van der Waals surface area contributed by atoms with Gasteiger partial charge < -0.3 is 19.5 Å². The van der Waals surface area contributed by atoms with E-state index in [1.165, 1.54) is 26.0 Å². The summed E-state index contributed by atoms with van der Waals surface area (Å²) in [5.41, 5.74) is 1.89. The van der Waals surface area contributed by atoms with Gasteiger partial charge in [0.05, 0.1) is 35.2 Å². The maximum Gasteiger partial charge on any atom is 0.405 e. The predicted octanol–water partition coefficient (Wildman–Crippen LogP) is 5.01. The first-order chi connectivity index (χ1) is 15.8. The predicted molar refractivity (Wildman–Crippen MR) is 127 cm³/mol. The average molecular weight is 540 g/mol. The van der Waals surface area contributed by atoms with Crippen molar-refractivity contribution >= 4 is 44.8 Å². The number of carbonyl (C=O) groups excluding carboxylic acids is 1. The van der Waals surface area contributed by atoms with E-state index in [4.69, 9.17) is 19.5 Å². The first kappa shape index (κ1) is 27.0. The summed E-state index contributed by atoms with van der Waals surface area (Å²) in [6.45, 7) is 2.45. The van der Waals surface area contributed by atoms with Gasteiger partial charge >= 0.3 is 13.3 Å². The number of alkyl halides is 2. The van der Waals surface area contributed by atoms with Crippen molar-refractivity contribution in [1.29, 1.82) is 0 Å². The second-order valence-corrected chi connectivity index (χ2v) is 13.4. The molecule has 0 saturated heterocycles. The average Bonchev–Trinajstić information content (AvgIpc) is 3.49. The van der Waals surface area contributed by atoms with Crippen LogP contribution in [0.15, 0.2) is 12.1 Å². The lowest BCUT2D eigenvalue weighted by molar-refractivity contribution is 0.0385. The zero-order valence-corrected chi connectivity index (χ0v) is 21.7. The highest BCUT2D eigenvalue weighted by molar-refractivity contribution is 7.90. The number of halogens is 2. The number of primary amides is 1. The highest BCUT2D eigenvalue weighted by atomic mass is 32.2. The number of fused-ring (bicyclic) bond motifs is 1. The molecule has 1 amide bonds. The van der Waals surface area contributed by atoms with Gasteiger partial charge in [0.2, 0.25) is 5.91 Å². The Morgan fingerprint density at radius 3 is 2.35 bits per heavy atom. The van der Waals surface area contributed by atoms with E-state index in [-0.39, 0.29) is 54.8 Å². The number of benzene rings is 1. The van der Waals surface area contributed by atoms with E-state index in [0.717, 1.165) is 6.26 Å². The van der Waals surface area contributed by atoms with Crippen LogP contribution in [-0.4, -0.2) is 46.2 Å². The van der Waals surface area contributed by atoms with Gasteiger partial charge in [-0.3, -0.25) is 9.36 Å². The summed E-state index contributed by atoms with van der Waals surface area (Å²) in [5.74, 6) is -0.944. The van der Waals surface area contributed by atoms with Crippen LogP contribution in [0.2, 0.25) is 0 Å². The highest BCUT2D eigenvalue weighted by Crippen LogP contribution is 2.70. The Morgan fingerprint density at radius 1 is 1.24 bits per heavy atom. The maximum absolute atomic E-state index is 15.8. The molecule has 1 aliphatic rings. The Morgan fingerprint density at radius 2 is 1.85 bits per heavy atom. The normalized spacial score (nSPS) is 15.1. The van der Waals surface area contributed by atoms with Crippen LogP contribution in [0, 0.1) is 0 Å². The van der Waals surface area contributed by atoms with Crippen LogP contribution in [0.3, 0.4) is 0 Å². The highest BCUT2D eigenvalue weighted by Gasteiger charge is 2.58. The van der Waals surface area contributed by atoms with E-state index in [2.05, 4.69) is 0 Å². The molecule has 0 spiro atoms. The molecular weight excluding hydrogens is 511 g/mol. The number of ether oxygens (including phenoxy) is 1. The molecule has 0 bridgehead atoms. The fourth-order valence-corrected chi connectivity index (χ4v) is 7.38. The molecule has 0 atom stereocenters. The van der Waals surface area contributed by atoms with Crippen LogP contribution < -0.4 is 10.5 Å². The van der Waals surface area contributed by atoms with Gasteiger partial charge in [-0.25, -0.2) is 8.42 Å². The second kappa shape index (κ2) is 10.2. The number of hydrogen-bond acceptors (Lipinski definition) is 8. The molecule has 8 nitrogen and oxygen atoms in total. The standard InChI is InChI=1S/C21H28F2NO7PS2/c1-4-30-32(26,31-5-2)21(22,23)19-17(13-7-8-13)15-11-14(20(24)25)12-16(18(15)33-19)29-9-6-10-34(3,27)28/h11-13H,4-10H2,1-3H3,(H2,24,25). The number of thiophene rings is 1. The molecule has 0 radical (unpaired) electrons. The summed E-state index contributed by atoms with van der Waals surface area (Å²) >= 11 is 0.711. The molecule has 1 aliphatic carbocycles. The van der Waals surface area contributed by atoms with Gasteiger partial charge in [-0.1, -0.05) is 0 Å². The van der Waals surface area contributed by atoms with Gasteiger partial charge in [0.25, 0.3) is 0 Å². The SMILES string of the molecule is CCOP(=O)(OCC)C(F)(F)c1sc2c(OCCCS(C)(=O)=O)cc(C(N)=O)cc2c1C1CC1.